The zero-order chi connectivity index (χ0) is 26.4. The Balaban J connectivity index is 1.41. The Kier molecular flexibility index (Phi) is 8.40. The van der Waals surface area contributed by atoms with E-state index in [2.05, 4.69) is 25.8 Å². The Labute approximate surface area is 219 Å². The quantitative estimate of drug-likeness (QED) is 0.371. The van der Waals surface area contributed by atoms with Crippen LogP contribution in [0.5, 0.6) is 0 Å². The molecule has 1 fully saturated rings. The molecule has 0 spiro atoms. The summed E-state index contributed by atoms with van der Waals surface area (Å²) in [5.41, 5.74) is 5.16. The predicted octanol–water partition coefficient (Wildman–Crippen LogP) is 2.40. The number of nitrogens with one attached hydrogen (secondary N) is 3. The second-order valence-corrected chi connectivity index (χ2v) is 9.61. The summed E-state index contributed by atoms with van der Waals surface area (Å²) in [5.74, 6) is -2.23. The van der Waals surface area contributed by atoms with Crippen LogP contribution in [0.2, 0.25) is 5.02 Å². The second-order valence-electron chi connectivity index (χ2n) is 9.20. The molecule has 5 N–H and O–H groups in total. The molecule has 11 heteroatoms. The van der Waals surface area contributed by atoms with E-state index >= 15 is 0 Å². The summed E-state index contributed by atoms with van der Waals surface area (Å²) in [6.45, 7) is 3.54. The van der Waals surface area contributed by atoms with Gasteiger partial charge in [0.15, 0.2) is 11.6 Å². The first kappa shape index (κ1) is 26.6. The average Bonchev–Trinajstić information content (AvgIpc) is 3.34. The standard InChI is InChI=1S/C26H30ClFN6O3/c27-21-15-18(28)7-10-20(21)23(35)33-19-8-5-17(6-9-19)26(25(29)37)22(31-16-32-26)24(36)30-11-4-14-34-12-2-1-3-13-34/h5-10,15-16,22H,1-4,11-14H2,(H2,29,37)(H,30,36)(H,31,32)(H,33,35). The maximum atomic E-state index is 13.3. The molecule has 37 heavy (non-hydrogen) atoms. The van der Waals surface area contributed by atoms with Gasteiger partial charge in [-0.25, -0.2) is 4.39 Å². The highest BCUT2D eigenvalue weighted by molar-refractivity contribution is 6.34. The predicted molar refractivity (Wildman–Crippen MR) is 140 cm³/mol. The van der Waals surface area contributed by atoms with Gasteiger partial charge in [0.2, 0.25) is 5.91 Å². The van der Waals surface area contributed by atoms with Gasteiger partial charge in [-0.05, 0) is 74.8 Å². The number of carbonyl (C=O) groups excluding carboxylic acids is 3. The molecule has 2 heterocycles. The van der Waals surface area contributed by atoms with Crippen molar-refractivity contribution in [3.63, 3.8) is 0 Å². The smallest absolute Gasteiger partial charge is 0.257 e. The number of hydrogen-bond acceptors (Lipinski definition) is 6. The molecule has 2 atom stereocenters. The van der Waals surface area contributed by atoms with Crippen LogP contribution in [0.4, 0.5) is 10.1 Å². The number of benzene rings is 2. The fourth-order valence-electron chi connectivity index (χ4n) is 4.74. The lowest BCUT2D eigenvalue weighted by atomic mass is 9.82. The molecule has 3 amide bonds. The van der Waals surface area contributed by atoms with Crippen molar-refractivity contribution in [3.05, 3.63) is 64.4 Å². The summed E-state index contributed by atoms with van der Waals surface area (Å²) in [4.78, 5) is 44.8. The summed E-state index contributed by atoms with van der Waals surface area (Å²) in [5, 5.41) is 8.43. The van der Waals surface area contributed by atoms with Crippen LogP contribution in [0.25, 0.3) is 0 Å². The van der Waals surface area contributed by atoms with Gasteiger partial charge in [-0.2, -0.15) is 0 Å². The third-order valence-corrected chi connectivity index (χ3v) is 7.05. The average molecular weight is 529 g/mol. The number of primary amides is 1. The number of aliphatic imine (C=N–C) groups is 1. The number of amides is 3. The van der Waals surface area contributed by atoms with Crippen molar-refractivity contribution < 1.29 is 18.8 Å². The van der Waals surface area contributed by atoms with E-state index in [0.717, 1.165) is 38.2 Å². The molecule has 4 rings (SSSR count). The van der Waals surface area contributed by atoms with Crippen molar-refractivity contribution in [1.29, 1.82) is 0 Å². The molecule has 0 aliphatic carbocycles. The van der Waals surface area contributed by atoms with Gasteiger partial charge < -0.3 is 26.6 Å². The van der Waals surface area contributed by atoms with E-state index in [-0.39, 0.29) is 10.6 Å². The molecule has 2 aromatic carbocycles. The number of likely N-dealkylation sites (tertiary alicyclic amines) is 1. The first-order valence-corrected chi connectivity index (χ1v) is 12.7. The molecule has 0 radical (unpaired) electrons. The highest BCUT2D eigenvalue weighted by atomic mass is 35.5. The van der Waals surface area contributed by atoms with Crippen LogP contribution in [0, 0.1) is 5.82 Å². The number of carbonyl (C=O) groups is 3. The van der Waals surface area contributed by atoms with Crippen LogP contribution in [0.15, 0.2) is 47.5 Å². The van der Waals surface area contributed by atoms with Gasteiger partial charge in [-0.1, -0.05) is 30.2 Å². The van der Waals surface area contributed by atoms with Crippen molar-refractivity contribution in [2.45, 2.75) is 37.3 Å². The Hall–Kier alpha value is -3.50. The lowest BCUT2D eigenvalue weighted by molar-refractivity contribution is -0.131. The van der Waals surface area contributed by atoms with Crippen LogP contribution in [-0.4, -0.2) is 61.2 Å². The summed E-state index contributed by atoms with van der Waals surface area (Å²) < 4.78 is 13.3. The first-order valence-electron chi connectivity index (χ1n) is 12.3. The van der Waals surface area contributed by atoms with E-state index in [1.165, 1.54) is 31.7 Å². The minimum absolute atomic E-state index is 0.0149. The SMILES string of the molecule is NC(=O)C1(c2ccc(NC(=O)c3ccc(F)cc3Cl)cc2)NC=NC1C(=O)NCCCN1CCCCC1. The number of halogens is 2. The van der Waals surface area contributed by atoms with Gasteiger partial charge in [0.05, 0.1) is 16.9 Å². The van der Waals surface area contributed by atoms with Crippen LogP contribution in [0.1, 0.15) is 41.6 Å². The summed E-state index contributed by atoms with van der Waals surface area (Å²) in [6.07, 6.45) is 5.79. The lowest BCUT2D eigenvalue weighted by Gasteiger charge is -2.31. The topological polar surface area (TPSA) is 129 Å². The Morgan fingerprint density at radius 3 is 2.54 bits per heavy atom. The van der Waals surface area contributed by atoms with Crippen molar-refractivity contribution in [3.8, 4) is 0 Å². The number of hydrogen-bond donors (Lipinski definition) is 4. The minimum atomic E-state index is -1.57. The van der Waals surface area contributed by atoms with Crippen LogP contribution in [-0.2, 0) is 15.1 Å². The van der Waals surface area contributed by atoms with Crippen molar-refractivity contribution >= 4 is 41.3 Å². The summed E-state index contributed by atoms with van der Waals surface area (Å²) in [6, 6.07) is 8.73. The van der Waals surface area contributed by atoms with Crippen LogP contribution >= 0.6 is 11.6 Å². The normalized spacial score (nSPS) is 21.3. The molecular weight excluding hydrogens is 499 g/mol. The summed E-state index contributed by atoms with van der Waals surface area (Å²) in [7, 11) is 0. The molecule has 0 aromatic heterocycles. The van der Waals surface area contributed by atoms with Gasteiger partial charge >= 0.3 is 0 Å². The fraction of sp³-hybridized carbons (Fsp3) is 0.385. The Morgan fingerprint density at radius 1 is 1.14 bits per heavy atom. The molecule has 2 unspecified atom stereocenters. The van der Waals surface area contributed by atoms with Crippen LogP contribution in [0.3, 0.4) is 0 Å². The molecule has 196 valence electrons. The largest absolute Gasteiger partial charge is 0.367 e. The number of nitrogens with two attached hydrogens (primary N) is 1. The zero-order valence-electron chi connectivity index (χ0n) is 20.3. The first-order chi connectivity index (χ1) is 17.8. The third kappa shape index (κ3) is 5.91. The maximum absolute atomic E-state index is 13.3. The molecule has 0 bridgehead atoms. The van der Waals surface area contributed by atoms with Crippen molar-refractivity contribution in [2.24, 2.45) is 10.7 Å². The van der Waals surface area contributed by atoms with Gasteiger partial charge in [0.1, 0.15) is 5.82 Å². The van der Waals surface area contributed by atoms with Gasteiger partial charge in [0, 0.05) is 12.2 Å². The third-order valence-electron chi connectivity index (χ3n) is 6.74. The molecule has 1 saturated heterocycles. The molecule has 9 nitrogen and oxygen atoms in total. The van der Waals surface area contributed by atoms with E-state index in [4.69, 9.17) is 17.3 Å². The van der Waals surface area contributed by atoms with E-state index < -0.39 is 35.1 Å². The monoisotopic (exact) mass is 528 g/mol. The van der Waals surface area contributed by atoms with Crippen molar-refractivity contribution in [1.82, 2.24) is 15.5 Å². The van der Waals surface area contributed by atoms with Crippen LogP contribution < -0.4 is 21.7 Å². The van der Waals surface area contributed by atoms with Gasteiger partial charge in [-0.15, -0.1) is 0 Å². The minimum Gasteiger partial charge on any atom is -0.367 e. The molecular formula is C26H30ClFN6O3. The fourth-order valence-corrected chi connectivity index (χ4v) is 4.99. The van der Waals surface area contributed by atoms with E-state index in [0.29, 0.717) is 17.8 Å². The Morgan fingerprint density at radius 2 is 1.86 bits per heavy atom. The molecule has 2 aromatic rings. The van der Waals surface area contributed by atoms with E-state index in [1.54, 1.807) is 24.3 Å². The Bertz CT molecular complexity index is 1190. The highest BCUT2D eigenvalue weighted by Crippen LogP contribution is 2.31. The van der Waals surface area contributed by atoms with Gasteiger partial charge in [-0.3, -0.25) is 19.4 Å². The number of nitrogens with zero attached hydrogens (tertiary/aromatic N) is 2. The second kappa shape index (κ2) is 11.7. The zero-order valence-corrected chi connectivity index (χ0v) is 21.1. The van der Waals surface area contributed by atoms with E-state index in [1.807, 2.05) is 0 Å². The molecule has 2 aliphatic heterocycles. The molecule has 2 aliphatic rings. The maximum Gasteiger partial charge on any atom is 0.257 e. The number of anilines is 1. The van der Waals surface area contributed by atoms with Crippen molar-refractivity contribution in [2.75, 3.05) is 31.5 Å². The van der Waals surface area contributed by atoms with E-state index in [9.17, 15) is 18.8 Å². The lowest BCUT2D eigenvalue weighted by Crippen LogP contribution is -2.60. The highest BCUT2D eigenvalue weighted by Gasteiger charge is 2.52. The summed E-state index contributed by atoms with van der Waals surface area (Å²) >= 11 is 5.97. The molecule has 0 saturated carbocycles. The number of rotatable bonds is 9. The van der Waals surface area contributed by atoms with Gasteiger partial charge in [0.25, 0.3) is 11.8 Å². The number of piperidine rings is 1.